The number of carbonyl (C=O) groups excluding carboxylic acids is 2. The molecule has 0 bridgehead atoms. The zero-order valence-electron chi connectivity index (χ0n) is 21.1. The van der Waals surface area contributed by atoms with Crippen molar-refractivity contribution in [2.24, 2.45) is 5.41 Å². The van der Waals surface area contributed by atoms with Gasteiger partial charge in [0.2, 0.25) is 5.82 Å². The summed E-state index contributed by atoms with van der Waals surface area (Å²) in [7, 11) is 0. The standard InChI is InChI=1S/C26H32N4O4/c1-9-33-24(31)23-28-19(13-30(23)14-34-25(32)26(6,7)8)21-18(5)12-27-22(29-21)20-16(3)10-15(2)11-17(20)4/h10-13H,9,14H2,1-8H3. The number of carbonyl (C=O) groups is 2. The van der Waals surface area contributed by atoms with Gasteiger partial charge < -0.3 is 9.47 Å². The van der Waals surface area contributed by atoms with Gasteiger partial charge in [0.1, 0.15) is 5.69 Å². The lowest BCUT2D eigenvalue weighted by atomic mass is 9.98. The van der Waals surface area contributed by atoms with Gasteiger partial charge in [-0.25, -0.2) is 19.7 Å². The van der Waals surface area contributed by atoms with Crippen LogP contribution in [0.4, 0.5) is 0 Å². The maximum absolute atomic E-state index is 12.6. The third-order valence-corrected chi connectivity index (χ3v) is 5.30. The van der Waals surface area contributed by atoms with Crippen molar-refractivity contribution in [3.05, 3.63) is 52.6 Å². The summed E-state index contributed by atoms with van der Waals surface area (Å²) >= 11 is 0. The predicted molar refractivity (Wildman–Crippen MR) is 129 cm³/mol. The Bertz CT molecular complexity index is 1220. The van der Waals surface area contributed by atoms with E-state index in [1.165, 1.54) is 10.1 Å². The van der Waals surface area contributed by atoms with Crippen molar-refractivity contribution in [1.29, 1.82) is 0 Å². The largest absolute Gasteiger partial charge is 0.460 e. The summed E-state index contributed by atoms with van der Waals surface area (Å²) in [6.07, 6.45) is 3.40. The summed E-state index contributed by atoms with van der Waals surface area (Å²) in [6.45, 7) is 15.1. The minimum atomic E-state index is -0.671. The lowest BCUT2D eigenvalue weighted by Crippen LogP contribution is -2.25. The number of nitrogens with zero attached hydrogens (tertiary/aromatic N) is 4. The molecule has 0 aliphatic carbocycles. The van der Waals surface area contributed by atoms with Crippen LogP contribution in [0.1, 0.15) is 60.6 Å². The highest BCUT2D eigenvalue weighted by molar-refractivity contribution is 5.86. The molecule has 3 aromatic rings. The highest BCUT2D eigenvalue weighted by Crippen LogP contribution is 2.29. The molecule has 0 saturated heterocycles. The normalized spacial score (nSPS) is 11.4. The number of hydrogen-bond acceptors (Lipinski definition) is 7. The van der Waals surface area contributed by atoms with Gasteiger partial charge in [-0.3, -0.25) is 9.36 Å². The van der Waals surface area contributed by atoms with Gasteiger partial charge in [-0.05, 0) is 72.1 Å². The highest BCUT2D eigenvalue weighted by atomic mass is 16.5. The van der Waals surface area contributed by atoms with Crippen molar-refractivity contribution in [2.75, 3.05) is 6.61 Å². The van der Waals surface area contributed by atoms with E-state index in [4.69, 9.17) is 14.5 Å². The van der Waals surface area contributed by atoms with E-state index in [2.05, 4.69) is 29.0 Å². The van der Waals surface area contributed by atoms with Crippen LogP contribution in [0.2, 0.25) is 0 Å². The fourth-order valence-corrected chi connectivity index (χ4v) is 3.69. The van der Waals surface area contributed by atoms with Gasteiger partial charge in [0.05, 0.1) is 17.7 Å². The summed E-state index contributed by atoms with van der Waals surface area (Å²) in [4.78, 5) is 38.7. The third kappa shape index (κ3) is 5.32. The first-order valence-electron chi connectivity index (χ1n) is 11.3. The van der Waals surface area contributed by atoms with Crippen molar-refractivity contribution in [1.82, 2.24) is 19.5 Å². The van der Waals surface area contributed by atoms with Gasteiger partial charge >= 0.3 is 11.9 Å². The Labute approximate surface area is 200 Å². The minimum Gasteiger partial charge on any atom is -0.460 e. The summed E-state index contributed by atoms with van der Waals surface area (Å²) in [5, 5.41) is 0. The Morgan fingerprint density at radius 3 is 2.21 bits per heavy atom. The molecule has 2 heterocycles. The number of imidazole rings is 1. The van der Waals surface area contributed by atoms with Crippen molar-refractivity contribution in [3.8, 4) is 22.8 Å². The number of ether oxygens (including phenoxy) is 2. The molecule has 0 spiro atoms. The minimum absolute atomic E-state index is 0.0424. The number of benzene rings is 1. The number of esters is 2. The van der Waals surface area contributed by atoms with Crippen LogP contribution in [-0.4, -0.2) is 38.1 Å². The Balaban J connectivity index is 2.06. The van der Waals surface area contributed by atoms with Gasteiger partial charge in [-0.15, -0.1) is 0 Å². The monoisotopic (exact) mass is 464 g/mol. The molecule has 34 heavy (non-hydrogen) atoms. The van der Waals surface area contributed by atoms with Crippen LogP contribution >= 0.6 is 0 Å². The molecule has 3 rings (SSSR count). The molecule has 0 amide bonds. The molecular weight excluding hydrogens is 432 g/mol. The van der Waals surface area contributed by atoms with Crippen LogP contribution in [-0.2, 0) is 21.0 Å². The zero-order chi connectivity index (χ0) is 25.2. The summed E-state index contributed by atoms with van der Waals surface area (Å²) in [6, 6.07) is 4.20. The molecule has 0 N–H and O–H groups in total. The van der Waals surface area contributed by atoms with E-state index in [1.54, 1.807) is 40.1 Å². The summed E-state index contributed by atoms with van der Waals surface area (Å²) in [5.74, 6) is -0.357. The molecule has 2 aromatic heterocycles. The Morgan fingerprint density at radius 2 is 1.62 bits per heavy atom. The molecule has 0 saturated carbocycles. The van der Waals surface area contributed by atoms with Crippen LogP contribution in [0.3, 0.4) is 0 Å². The van der Waals surface area contributed by atoms with Crippen LogP contribution in [0, 0.1) is 33.1 Å². The van der Waals surface area contributed by atoms with Crippen LogP contribution in [0.25, 0.3) is 22.8 Å². The lowest BCUT2D eigenvalue weighted by molar-refractivity contribution is -0.157. The molecule has 8 nitrogen and oxygen atoms in total. The fourth-order valence-electron chi connectivity index (χ4n) is 3.69. The molecule has 8 heteroatoms. The molecule has 0 fully saturated rings. The average Bonchev–Trinajstić information content (AvgIpc) is 3.16. The van der Waals surface area contributed by atoms with Crippen LogP contribution in [0.15, 0.2) is 24.5 Å². The molecule has 0 atom stereocenters. The second-order valence-corrected chi connectivity index (χ2v) is 9.45. The van der Waals surface area contributed by atoms with Gasteiger partial charge in [0.15, 0.2) is 12.6 Å². The van der Waals surface area contributed by atoms with Crippen molar-refractivity contribution < 1.29 is 19.1 Å². The molecule has 180 valence electrons. The van der Waals surface area contributed by atoms with E-state index in [-0.39, 0.29) is 25.1 Å². The number of rotatable bonds is 6. The first kappa shape index (κ1) is 25.1. The van der Waals surface area contributed by atoms with E-state index in [1.807, 2.05) is 20.8 Å². The average molecular weight is 465 g/mol. The second-order valence-electron chi connectivity index (χ2n) is 9.45. The summed E-state index contributed by atoms with van der Waals surface area (Å²) < 4.78 is 12.1. The number of aromatic nitrogens is 4. The van der Waals surface area contributed by atoms with Crippen molar-refractivity contribution in [2.45, 2.75) is 62.1 Å². The van der Waals surface area contributed by atoms with Gasteiger partial charge in [0.25, 0.3) is 0 Å². The first-order valence-corrected chi connectivity index (χ1v) is 11.3. The Hall–Kier alpha value is -3.55. The molecule has 0 radical (unpaired) electrons. The maximum Gasteiger partial charge on any atom is 0.374 e. The van der Waals surface area contributed by atoms with E-state index in [0.717, 1.165) is 22.3 Å². The lowest BCUT2D eigenvalue weighted by Gasteiger charge is -2.17. The smallest absolute Gasteiger partial charge is 0.374 e. The fraction of sp³-hybridized carbons (Fsp3) is 0.423. The topological polar surface area (TPSA) is 96.2 Å². The molecule has 0 aliphatic heterocycles. The SMILES string of the molecule is CCOC(=O)c1nc(-c2nc(-c3c(C)cc(C)cc3C)ncc2C)cn1COC(=O)C(C)(C)C. The summed E-state index contributed by atoms with van der Waals surface area (Å²) in [5.41, 5.74) is 5.50. The van der Waals surface area contributed by atoms with Crippen LogP contribution in [0.5, 0.6) is 0 Å². The predicted octanol–water partition coefficient (Wildman–Crippen LogP) is 4.96. The Kier molecular flexibility index (Phi) is 7.19. The zero-order valence-corrected chi connectivity index (χ0v) is 21.1. The van der Waals surface area contributed by atoms with E-state index >= 15 is 0 Å². The highest BCUT2D eigenvalue weighted by Gasteiger charge is 2.25. The number of hydrogen-bond donors (Lipinski definition) is 0. The quantitative estimate of drug-likeness (QED) is 0.476. The van der Waals surface area contributed by atoms with Gasteiger partial charge in [-0.1, -0.05) is 17.7 Å². The maximum atomic E-state index is 12.6. The van der Waals surface area contributed by atoms with E-state index < -0.39 is 11.4 Å². The third-order valence-electron chi connectivity index (χ3n) is 5.30. The van der Waals surface area contributed by atoms with E-state index in [9.17, 15) is 9.59 Å². The second kappa shape index (κ2) is 9.75. The molecular formula is C26H32N4O4. The van der Waals surface area contributed by atoms with Gasteiger partial charge in [-0.2, -0.15) is 0 Å². The number of aryl methyl sites for hydroxylation is 4. The molecule has 0 aliphatic rings. The van der Waals surface area contributed by atoms with Crippen molar-refractivity contribution >= 4 is 11.9 Å². The molecule has 0 unspecified atom stereocenters. The van der Waals surface area contributed by atoms with Crippen LogP contribution < -0.4 is 0 Å². The molecule has 1 aromatic carbocycles. The van der Waals surface area contributed by atoms with Gasteiger partial charge in [0, 0.05) is 18.0 Å². The first-order chi connectivity index (χ1) is 15.9. The van der Waals surface area contributed by atoms with E-state index in [0.29, 0.717) is 17.2 Å². The Morgan fingerprint density at radius 1 is 0.971 bits per heavy atom. The van der Waals surface area contributed by atoms with Crippen molar-refractivity contribution in [3.63, 3.8) is 0 Å².